The summed E-state index contributed by atoms with van der Waals surface area (Å²) in [6.45, 7) is 2.70. The van der Waals surface area contributed by atoms with Gasteiger partial charge in [-0.15, -0.1) is 0 Å². The van der Waals surface area contributed by atoms with Crippen molar-refractivity contribution in [2.45, 2.75) is 26.2 Å². The zero-order chi connectivity index (χ0) is 13.2. The van der Waals surface area contributed by atoms with E-state index in [0.29, 0.717) is 12.1 Å². The molecule has 0 aliphatic heterocycles. The molecule has 0 spiro atoms. The third kappa shape index (κ3) is 2.38. The number of aromatic nitrogens is 1. The second-order valence-corrected chi connectivity index (χ2v) is 5.36. The lowest BCUT2D eigenvalue weighted by Crippen LogP contribution is -2.45. The molecule has 0 saturated heterocycles. The fourth-order valence-electron chi connectivity index (χ4n) is 2.51. The van der Waals surface area contributed by atoms with E-state index in [9.17, 15) is 9.90 Å². The maximum atomic E-state index is 12.3. The van der Waals surface area contributed by atoms with Gasteiger partial charge in [-0.1, -0.05) is 6.42 Å². The summed E-state index contributed by atoms with van der Waals surface area (Å²) in [6.07, 6.45) is 6.46. The molecule has 1 amide bonds. The predicted octanol–water partition coefficient (Wildman–Crippen LogP) is 1.62. The third-order valence-electron chi connectivity index (χ3n) is 3.94. The third-order valence-corrected chi connectivity index (χ3v) is 3.94. The van der Waals surface area contributed by atoms with Crippen LogP contribution < -0.4 is 0 Å². The predicted molar refractivity (Wildman–Crippen MR) is 69.3 cm³/mol. The SMILES string of the molecule is Cc1ccncc1C(=O)N(C)CC1(CO)CCC1. The van der Waals surface area contributed by atoms with Crippen LogP contribution in [0.2, 0.25) is 0 Å². The highest BCUT2D eigenvalue weighted by molar-refractivity contribution is 5.95. The Hall–Kier alpha value is -1.42. The molecular weight excluding hydrogens is 228 g/mol. The number of carbonyl (C=O) groups is 1. The number of aryl methyl sites for hydroxylation is 1. The number of aliphatic hydroxyl groups excluding tert-OH is 1. The van der Waals surface area contributed by atoms with E-state index in [1.807, 2.05) is 13.0 Å². The molecule has 0 unspecified atom stereocenters. The highest BCUT2D eigenvalue weighted by Crippen LogP contribution is 2.40. The Morgan fingerprint density at radius 1 is 1.56 bits per heavy atom. The first kappa shape index (κ1) is 13.0. The average molecular weight is 248 g/mol. The van der Waals surface area contributed by atoms with Crippen LogP contribution in [-0.2, 0) is 0 Å². The molecule has 1 aliphatic rings. The Balaban J connectivity index is 2.07. The Kier molecular flexibility index (Phi) is 3.66. The van der Waals surface area contributed by atoms with E-state index in [1.165, 1.54) is 0 Å². The first-order chi connectivity index (χ1) is 8.58. The molecule has 1 aromatic heterocycles. The zero-order valence-electron chi connectivity index (χ0n) is 11.0. The van der Waals surface area contributed by atoms with Crippen LogP contribution in [0.15, 0.2) is 18.5 Å². The molecule has 2 rings (SSSR count). The van der Waals surface area contributed by atoms with E-state index in [4.69, 9.17) is 0 Å². The number of hydrogen-bond donors (Lipinski definition) is 1. The van der Waals surface area contributed by atoms with Crippen LogP contribution >= 0.6 is 0 Å². The zero-order valence-corrected chi connectivity index (χ0v) is 11.0. The van der Waals surface area contributed by atoms with E-state index < -0.39 is 0 Å². The van der Waals surface area contributed by atoms with Crippen LogP contribution in [-0.4, -0.2) is 41.1 Å². The number of nitrogens with zero attached hydrogens (tertiary/aromatic N) is 2. The van der Waals surface area contributed by atoms with Crippen LogP contribution in [0.4, 0.5) is 0 Å². The largest absolute Gasteiger partial charge is 0.396 e. The van der Waals surface area contributed by atoms with E-state index in [1.54, 1.807) is 24.3 Å². The lowest BCUT2D eigenvalue weighted by Gasteiger charge is -2.42. The van der Waals surface area contributed by atoms with Crippen molar-refractivity contribution < 1.29 is 9.90 Å². The molecule has 0 atom stereocenters. The van der Waals surface area contributed by atoms with Crippen molar-refractivity contribution >= 4 is 5.91 Å². The summed E-state index contributed by atoms with van der Waals surface area (Å²) in [5, 5.41) is 9.44. The minimum atomic E-state index is -0.0689. The second-order valence-electron chi connectivity index (χ2n) is 5.36. The van der Waals surface area contributed by atoms with E-state index >= 15 is 0 Å². The summed E-state index contributed by atoms with van der Waals surface area (Å²) in [4.78, 5) is 18.0. The number of rotatable bonds is 4. The molecule has 1 N–H and O–H groups in total. The van der Waals surface area contributed by atoms with Crippen molar-refractivity contribution in [2.24, 2.45) is 5.41 Å². The van der Waals surface area contributed by atoms with Crippen LogP contribution in [0.3, 0.4) is 0 Å². The van der Waals surface area contributed by atoms with Gasteiger partial charge < -0.3 is 10.0 Å². The normalized spacial score (nSPS) is 17.1. The van der Waals surface area contributed by atoms with Crippen molar-refractivity contribution in [1.29, 1.82) is 0 Å². The molecule has 4 heteroatoms. The molecule has 98 valence electrons. The maximum absolute atomic E-state index is 12.3. The molecule has 18 heavy (non-hydrogen) atoms. The van der Waals surface area contributed by atoms with E-state index in [2.05, 4.69) is 4.98 Å². The summed E-state index contributed by atoms with van der Waals surface area (Å²) in [6, 6.07) is 1.84. The molecule has 0 radical (unpaired) electrons. The molecular formula is C14H20N2O2. The molecule has 1 aromatic rings. The fourth-order valence-corrected chi connectivity index (χ4v) is 2.51. The topological polar surface area (TPSA) is 53.4 Å². The van der Waals surface area contributed by atoms with Crippen molar-refractivity contribution in [1.82, 2.24) is 9.88 Å². The van der Waals surface area contributed by atoms with Gasteiger partial charge >= 0.3 is 0 Å². The first-order valence-electron chi connectivity index (χ1n) is 6.35. The van der Waals surface area contributed by atoms with Gasteiger partial charge in [-0.25, -0.2) is 0 Å². The number of amides is 1. The van der Waals surface area contributed by atoms with Gasteiger partial charge in [-0.2, -0.15) is 0 Å². The number of hydrogen-bond acceptors (Lipinski definition) is 3. The van der Waals surface area contributed by atoms with Crippen molar-refractivity contribution in [3.63, 3.8) is 0 Å². The Labute approximate surface area is 108 Å². The lowest BCUT2D eigenvalue weighted by molar-refractivity contribution is 0.0146. The van der Waals surface area contributed by atoms with Gasteiger partial charge in [0.05, 0.1) is 12.2 Å². The smallest absolute Gasteiger partial charge is 0.255 e. The minimum absolute atomic E-state index is 0.0136. The maximum Gasteiger partial charge on any atom is 0.255 e. The molecule has 1 aliphatic carbocycles. The Morgan fingerprint density at radius 3 is 2.78 bits per heavy atom. The van der Waals surface area contributed by atoms with Gasteiger partial charge in [0.15, 0.2) is 0 Å². The summed E-state index contributed by atoms with van der Waals surface area (Å²) in [5.74, 6) is -0.0136. The second kappa shape index (κ2) is 5.06. The molecule has 1 saturated carbocycles. The monoisotopic (exact) mass is 248 g/mol. The van der Waals surface area contributed by atoms with Crippen molar-refractivity contribution in [3.8, 4) is 0 Å². The van der Waals surface area contributed by atoms with Gasteiger partial charge in [0, 0.05) is 31.4 Å². The van der Waals surface area contributed by atoms with E-state index in [0.717, 1.165) is 24.8 Å². The van der Waals surface area contributed by atoms with E-state index in [-0.39, 0.29) is 17.9 Å². The quantitative estimate of drug-likeness (QED) is 0.881. The first-order valence-corrected chi connectivity index (χ1v) is 6.35. The Bertz CT molecular complexity index is 436. The average Bonchev–Trinajstić information content (AvgIpc) is 2.33. The molecule has 4 nitrogen and oxygen atoms in total. The summed E-state index contributed by atoms with van der Waals surface area (Å²) >= 11 is 0. The number of pyridine rings is 1. The molecule has 1 heterocycles. The van der Waals surface area contributed by atoms with Crippen LogP contribution in [0.1, 0.15) is 35.2 Å². The highest BCUT2D eigenvalue weighted by atomic mass is 16.3. The fraction of sp³-hybridized carbons (Fsp3) is 0.571. The van der Waals surface area contributed by atoms with Crippen LogP contribution in [0.5, 0.6) is 0 Å². The van der Waals surface area contributed by atoms with Gasteiger partial charge in [0.25, 0.3) is 5.91 Å². The van der Waals surface area contributed by atoms with Gasteiger partial charge in [0.1, 0.15) is 0 Å². The number of aliphatic hydroxyl groups is 1. The minimum Gasteiger partial charge on any atom is -0.396 e. The molecule has 0 bridgehead atoms. The summed E-state index contributed by atoms with van der Waals surface area (Å²) < 4.78 is 0. The number of carbonyl (C=O) groups excluding carboxylic acids is 1. The summed E-state index contributed by atoms with van der Waals surface area (Å²) in [5.41, 5.74) is 1.52. The highest BCUT2D eigenvalue weighted by Gasteiger charge is 2.38. The molecule has 0 aromatic carbocycles. The molecule has 1 fully saturated rings. The summed E-state index contributed by atoms with van der Waals surface area (Å²) in [7, 11) is 1.80. The van der Waals surface area contributed by atoms with Crippen molar-refractivity contribution in [2.75, 3.05) is 20.2 Å². The standard InChI is InChI=1S/C14H20N2O2/c1-11-4-7-15-8-12(11)13(18)16(2)9-14(10-17)5-3-6-14/h4,7-8,17H,3,5-6,9-10H2,1-2H3. The Morgan fingerprint density at radius 2 is 2.28 bits per heavy atom. The van der Waals surface area contributed by atoms with Gasteiger partial charge in [0.2, 0.25) is 0 Å². The van der Waals surface area contributed by atoms with Crippen LogP contribution in [0, 0.1) is 12.3 Å². The van der Waals surface area contributed by atoms with Crippen LogP contribution in [0.25, 0.3) is 0 Å². The van der Waals surface area contributed by atoms with Gasteiger partial charge in [-0.05, 0) is 31.4 Å². The van der Waals surface area contributed by atoms with Crippen molar-refractivity contribution in [3.05, 3.63) is 29.6 Å². The lowest BCUT2D eigenvalue weighted by atomic mass is 9.69. The van der Waals surface area contributed by atoms with Gasteiger partial charge in [-0.3, -0.25) is 9.78 Å².